The van der Waals surface area contributed by atoms with Crippen LogP contribution in [0.3, 0.4) is 0 Å². The SMILES string of the molecule is COc1ccc(CCNc2c(CCC(C)C)c(C)c(C#N)c3nc4ccccc4n23)cc1OC. The van der Waals surface area contributed by atoms with Crippen molar-refractivity contribution in [3.63, 3.8) is 0 Å². The van der Waals surface area contributed by atoms with E-state index in [0.717, 1.165) is 65.3 Å². The number of methoxy groups -OCH3 is 2. The molecule has 176 valence electrons. The van der Waals surface area contributed by atoms with Crippen molar-refractivity contribution in [1.82, 2.24) is 9.38 Å². The lowest BCUT2D eigenvalue weighted by Crippen LogP contribution is -2.14. The van der Waals surface area contributed by atoms with Crippen molar-refractivity contribution in [2.24, 2.45) is 5.92 Å². The Morgan fingerprint density at radius 2 is 1.82 bits per heavy atom. The summed E-state index contributed by atoms with van der Waals surface area (Å²) in [5.41, 5.74) is 6.62. The third kappa shape index (κ3) is 4.38. The van der Waals surface area contributed by atoms with Crippen LogP contribution in [0.15, 0.2) is 42.5 Å². The van der Waals surface area contributed by atoms with Crippen LogP contribution in [0, 0.1) is 24.2 Å². The van der Waals surface area contributed by atoms with Gasteiger partial charge in [0, 0.05) is 6.54 Å². The molecule has 0 aliphatic rings. The fourth-order valence-electron chi connectivity index (χ4n) is 4.47. The first-order chi connectivity index (χ1) is 16.5. The summed E-state index contributed by atoms with van der Waals surface area (Å²) in [6.07, 6.45) is 2.77. The second-order valence-electron chi connectivity index (χ2n) is 9.00. The molecule has 0 unspecified atom stereocenters. The summed E-state index contributed by atoms with van der Waals surface area (Å²) < 4.78 is 13.0. The minimum Gasteiger partial charge on any atom is -0.493 e. The smallest absolute Gasteiger partial charge is 0.160 e. The average molecular weight is 457 g/mol. The van der Waals surface area contributed by atoms with Crippen molar-refractivity contribution in [1.29, 1.82) is 5.26 Å². The Labute approximate surface area is 201 Å². The van der Waals surface area contributed by atoms with Gasteiger partial charge in [0.15, 0.2) is 17.1 Å². The number of anilines is 1. The second-order valence-corrected chi connectivity index (χ2v) is 9.00. The number of para-hydroxylation sites is 2. The normalized spacial score (nSPS) is 11.2. The van der Waals surface area contributed by atoms with E-state index in [9.17, 15) is 5.26 Å². The molecule has 0 spiro atoms. The topological polar surface area (TPSA) is 71.6 Å². The largest absolute Gasteiger partial charge is 0.493 e. The molecule has 4 aromatic rings. The second kappa shape index (κ2) is 10.0. The van der Waals surface area contributed by atoms with Crippen molar-refractivity contribution < 1.29 is 9.47 Å². The van der Waals surface area contributed by atoms with Crippen molar-refractivity contribution in [2.75, 3.05) is 26.1 Å². The lowest BCUT2D eigenvalue weighted by atomic mass is 9.96. The molecule has 0 bridgehead atoms. The van der Waals surface area contributed by atoms with Gasteiger partial charge in [-0.25, -0.2) is 4.98 Å². The first kappa shape index (κ1) is 23.4. The molecule has 34 heavy (non-hydrogen) atoms. The number of benzene rings is 2. The Kier molecular flexibility index (Phi) is 6.93. The van der Waals surface area contributed by atoms with Gasteiger partial charge in [0.25, 0.3) is 0 Å². The fourth-order valence-corrected chi connectivity index (χ4v) is 4.47. The Balaban J connectivity index is 1.77. The molecule has 0 radical (unpaired) electrons. The van der Waals surface area contributed by atoms with Crippen molar-refractivity contribution in [3.8, 4) is 17.6 Å². The lowest BCUT2D eigenvalue weighted by molar-refractivity contribution is 0.354. The molecule has 0 saturated carbocycles. The third-order valence-electron chi connectivity index (χ3n) is 6.36. The maximum Gasteiger partial charge on any atom is 0.160 e. The van der Waals surface area contributed by atoms with Gasteiger partial charge in [-0.05, 0) is 73.1 Å². The van der Waals surface area contributed by atoms with E-state index >= 15 is 0 Å². The molecule has 1 N–H and O–H groups in total. The zero-order valence-corrected chi connectivity index (χ0v) is 20.6. The molecular formula is C28H32N4O2. The predicted octanol–water partition coefficient (Wildman–Crippen LogP) is 5.93. The molecular weight excluding hydrogens is 424 g/mol. The molecule has 6 heteroatoms. The van der Waals surface area contributed by atoms with E-state index in [1.54, 1.807) is 14.2 Å². The highest BCUT2D eigenvalue weighted by Gasteiger charge is 2.20. The maximum absolute atomic E-state index is 10.0. The molecule has 6 nitrogen and oxygen atoms in total. The Bertz CT molecular complexity index is 1360. The molecule has 0 saturated heterocycles. The zero-order chi connectivity index (χ0) is 24.2. The predicted molar refractivity (Wildman–Crippen MR) is 137 cm³/mol. The summed E-state index contributed by atoms with van der Waals surface area (Å²) in [6.45, 7) is 7.25. The van der Waals surface area contributed by atoms with Crippen LogP contribution in [0.1, 0.15) is 42.5 Å². The number of pyridine rings is 1. The van der Waals surface area contributed by atoms with E-state index in [4.69, 9.17) is 14.5 Å². The highest BCUT2D eigenvalue weighted by Crippen LogP contribution is 2.33. The van der Waals surface area contributed by atoms with Gasteiger partial charge in [-0.2, -0.15) is 5.26 Å². The molecule has 0 atom stereocenters. The Hall–Kier alpha value is -3.72. The van der Waals surface area contributed by atoms with E-state index in [2.05, 4.69) is 41.8 Å². The number of aromatic nitrogens is 2. The van der Waals surface area contributed by atoms with Crippen LogP contribution in [-0.2, 0) is 12.8 Å². The van der Waals surface area contributed by atoms with Crippen LogP contribution in [0.25, 0.3) is 16.7 Å². The highest BCUT2D eigenvalue weighted by atomic mass is 16.5. The number of fused-ring (bicyclic) bond motifs is 3. The molecule has 2 aromatic carbocycles. The number of rotatable bonds is 9. The van der Waals surface area contributed by atoms with Crippen LogP contribution in [-0.4, -0.2) is 30.1 Å². The average Bonchev–Trinajstić information content (AvgIpc) is 3.22. The molecule has 4 rings (SSSR count). The van der Waals surface area contributed by atoms with Gasteiger partial charge in [0.05, 0.1) is 30.8 Å². The maximum atomic E-state index is 10.0. The summed E-state index contributed by atoms with van der Waals surface area (Å²) in [4.78, 5) is 4.82. The first-order valence-electron chi connectivity index (χ1n) is 11.8. The summed E-state index contributed by atoms with van der Waals surface area (Å²) in [7, 11) is 3.30. The van der Waals surface area contributed by atoms with Gasteiger partial charge >= 0.3 is 0 Å². The van der Waals surface area contributed by atoms with Gasteiger partial charge < -0.3 is 14.8 Å². The molecule has 0 aliphatic carbocycles. The van der Waals surface area contributed by atoms with E-state index in [-0.39, 0.29) is 0 Å². The van der Waals surface area contributed by atoms with Gasteiger partial charge in [-0.3, -0.25) is 4.40 Å². The van der Waals surface area contributed by atoms with Crippen LogP contribution in [0.2, 0.25) is 0 Å². The minimum absolute atomic E-state index is 0.569. The number of nitrogens with zero attached hydrogens (tertiary/aromatic N) is 3. The quantitative estimate of drug-likeness (QED) is 0.338. The zero-order valence-electron chi connectivity index (χ0n) is 20.6. The summed E-state index contributed by atoms with van der Waals surface area (Å²) in [6, 6.07) is 16.5. The number of nitriles is 1. The molecule has 0 aliphatic heterocycles. The van der Waals surface area contributed by atoms with E-state index in [1.807, 2.05) is 37.3 Å². The fraction of sp³-hybridized carbons (Fsp3) is 0.357. The van der Waals surface area contributed by atoms with Crippen LogP contribution >= 0.6 is 0 Å². The molecule has 0 amide bonds. The first-order valence-corrected chi connectivity index (χ1v) is 11.8. The Morgan fingerprint density at radius 3 is 2.53 bits per heavy atom. The Morgan fingerprint density at radius 1 is 1.06 bits per heavy atom. The van der Waals surface area contributed by atoms with Gasteiger partial charge in [0.1, 0.15) is 11.9 Å². The van der Waals surface area contributed by atoms with Gasteiger partial charge in [-0.1, -0.05) is 32.0 Å². The molecule has 2 aromatic heterocycles. The lowest BCUT2D eigenvalue weighted by Gasteiger charge is -2.20. The van der Waals surface area contributed by atoms with Crippen molar-refractivity contribution in [2.45, 2.75) is 40.0 Å². The summed E-state index contributed by atoms with van der Waals surface area (Å²) in [5, 5.41) is 13.7. The number of ether oxygens (including phenoxy) is 2. The minimum atomic E-state index is 0.569. The number of hydrogen-bond acceptors (Lipinski definition) is 5. The number of nitrogens with one attached hydrogen (secondary N) is 1. The summed E-state index contributed by atoms with van der Waals surface area (Å²) >= 11 is 0. The van der Waals surface area contributed by atoms with Crippen LogP contribution < -0.4 is 14.8 Å². The van der Waals surface area contributed by atoms with Crippen molar-refractivity contribution in [3.05, 3.63) is 64.7 Å². The van der Waals surface area contributed by atoms with Crippen molar-refractivity contribution >= 4 is 22.5 Å². The molecule has 2 heterocycles. The van der Waals surface area contributed by atoms with E-state index in [0.29, 0.717) is 17.1 Å². The van der Waals surface area contributed by atoms with E-state index in [1.165, 1.54) is 5.56 Å². The van der Waals surface area contributed by atoms with Crippen LogP contribution in [0.5, 0.6) is 11.5 Å². The molecule has 0 fully saturated rings. The third-order valence-corrected chi connectivity index (χ3v) is 6.36. The standard InChI is InChI=1S/C28H32N4O2/c1-18(2)10-12-21-19(3)22(17-29)28-31-23-8-6-7-9-24(23)32(28)27(21)30-15-14-20-11-13-25(33-4)26(16-20)34-5/h6-9,11,13,16,18,30H,10,12,14-15H2,1-5H3. The monoisotopic (exact) mass is 456 g/mol. The van der Waals surface area contributed by atoms with E-state index < -0.39 is 0 Å². The highest BCUT2D eigenvalue weighted by molar-refractivity contribution is 5.86. The number of hydrogen-bond donors (Lipinski definition) is 1. The van der Waals surface area contributed by atoms with Crippen LogP contribution in [0.4, 0.5) is 5.82 Å². The van der Waals surface area contributed by atoms with Gasteiger partial charge in [-0.15, -0.1) is 0 Å². The van der Waals surface area contributed by atoms with Gasteiger partial charge in [0.2, 0.25) is 0 Å². The number of imidazole rings is 1. The summed E-state index contributed by atoms with van der Waals surface area (Å²) in [5.74, 6) is 3.06.